The van der Waals surface area contributed by atoms with E-state index < -0.39 is 0 Å². The fraction of sp³-hybridized carbons (Fsp3) is 0.619. The lowest BCUT2D eigenvalue weighted by molar-refractivity contribution is -0.122. The summed E-state index contributed by atoms with van der Waals surface area (Å²) >= 11 is 0. The Morgan fingerprint density at radius 1 is 1.00 bits per heavy atom. The first-order chi connectivity index (χ1) is 12.0. The SMILES string of the molecule is CC(C)Cc1ccc(CC(=O)NCCC(=O)NC2CCCCC2)cc1. The maximum Gasteiger partial charge on any atom is 0.224 e. The van der Waals surface area contributed by atoms with E-state index >= 15 is 0 Å². The normalized spacial score (nSPS) is 15.2. The van der Waals surface area contributed by atoms with Gasteiger partial charge in [0.1, 0.15) is 0 Å². The van der Waals surface area contributed by atoms with E-state index in [0.29, 0.717) is 31.3 Å². The first-order valence-corrected chi connectivity index (χ1v) is 9.67. The van der Waals surface area contributed by atoms with Gasteiger partial charge < -0.3 is 10.6 Å². The lowest BCUT2D eigenvalue weighted by atomic mass is 9.95. The fourth-order valence-corrected chi connectivity index (χ4v) is 3.37. The van der Waals surface area contributed by atoms with Crippen molar-refractivity contribution in [2.24, 2.45) is 5.92 Å². The van der Waals surface area contributed by atoms with Crippen molar-refractivity contribution < 1.29 is 9.59 Å². The van der Waals surface area contributed by atoms with Gasteiger partial charge in [0.05, 0.1) is 6.42 Å². The van der Waals surface area contributed by atoms with E-state index in [-0.39, 0.29) is 11.8 Å². The highest BCUT2D eigenvalue weighted by atomic mass is 16.2. The van der Waals surface area contributed by atoms with Crippen LogP contribution < -0.4 is 10.6 Å². The zero-order chi connectivity index (χ0) is 18.1. The minimum absolute atomic E-state index is 0.0259. The zero-order valence-corrected chi connectivity index (χ0v) is 15.6. The Kier molecular flexibility index (Phi) is 7.96. The standard InChI is InChI=1S/C21H32N2O2/c1-16(2)14-17-8-10-18(11-9-17)15-21(25)22-13-12-20(24)23-19-6-4-3-5-7-19/h8-11,16,19H,3-7,12-15H2,1-2H3,(H,22,25)(H,23,24). The Balaban J connectivity index is 1.63. The van der Waals surface area contributed by atoms with E-state index in [1.807, 2.05) is 12.1 Å². The van der Waals surface area contributed by atoms with Crippen LogP contribution in [-0.2, 0) is 22.4 Å². The van der Waals surface area contributed by atoms with Gasteiger partial charge in [0.25, 0.3) is 0 Å². The first kappa shape index (κ1) is 19.5. The van der Waals surface area contributed by atoms with Crippen LogP contribution in [0.1, 0.15) is 63.5 Å². The van der Waals surface area contributed by atoms with Crippen LogP contribution in [0, 0.1) is 5.92 Å². The van der Waals surface area contributed by atoms with Gasteiger partial charge in [-0.1, -0.05) is 57.4 Å². The first-order valence-electron chi connectivity index (χ1n) is 9.67. The van der Waals surface area contributed by atoms with Gasteiger partial charge in [0.2, 0.25) is 11.8 Å². The van der Waals surface area contributed by atoms with Crippen LogP contribution in [0.25, 0.3) is 0 Å². The fourth-order valence-electron chi connectivity index (χ4n) is 3.37. The number of rotatable bonds is 8. The second-order valence-corrected chi connectivity index (χ2v) is 7.59. The number of benzene rings is 1. The monoisotopic (exact) mass is 344 g/mol. The molecular weight excluding hydrogens is 312 g/mol. The topological polar surface area (TPSA) is 58.2 Å². The molecular formula is C21H32N2O2. The molecule has 0 radical (unpaired) electrons. The molecule has 4 nitrogen and oxygen atoms in total. The van der Waals surface area contributed by atoms with E-state index in [4.69, 9.17) is 0 Å². The molecule has 4 heteroatoms. The minimum atomic E-state index is -0.0259. The molecule has 0 atom stereocenters. The Morgan fingerprint density at radius 2 is 1.64 bits per heavy atom. The van der Waals surface area contributed by atoms with Crippen LogP contribution in [0.15, 0.2) is 24.3 Å². The van der Waals surface area contributed by atoms with Crippen LogP contribution in [0.5, 0.6) is 0 Å². The van der Waals surface area contributed by atoms with Gasteiger partial charge in [-0.3, -0.25) is 9.59 Å². The smallest absolute Gasteiger partial charge is 0.224 e. The van der Waals surface area contributed by atoms with Crippen LogP contribution in [-0.4, -0.2) is 24.4 Å². The van der Waals surface area contributed by atoms with Gasteiger partial charge in [0.15, 0.2) is 0 Å². The molecule has 2 rings (SSSR count). The van der Waals surface area contributed by atoms with Crippen molar-refractivity contribution in [1.82, 2.24) is 10.6 Å². The number of hydrogen-bond donors (Lipinski definition) is 2. The molecule has 0 unspecified atom stereocenters. The summed E-state index contributed by atoms with van der Waals surface area (Å²) in [5, 5.41) is 5.92. The minimum Gasteiger partial charge on any atom is -0.355 e. The predicted molar refractivity (Wildman–Crippen MR) is 101 cm³/mol. The zero-order valence-electron chi connectivity index (χ0n) is 15.6. The summed E-state index contributed by atoms with van der Waals surface area (Å²) < 4.78 is 0. The number of hydrogen-bond acceptors (Lipinski definition) is 2. The van der Waals surface area contributed by atoms with E-state index in [9.17, 15) is 9.59 Å². The van der Waals surface area contributed by atoms with Crippen LogP contribution in [0.3, 0.4) is 0 Å². The molecule has 0 aromatic heterocycles. The summed E-state index contributed by atoms with van der Waals surface area (Å²) in [6, 6.07) is 8.57. The molecule has 138 valence electrons. The Bertz CT molecular complexity index is 546. The van der Waals surface area contributed by atoms with Crippen molar-refractivity contribution in [2.45, 2.75) is 71.3 Å². The highest BCUT2D eigenvalue weighted by Gasteiger charge is 2.15. The third kappa shape index (κ3) is 7.72. The van der Waals surface area contributed by atoms with Crippen molar-refractivity contribution in [3.05, 3.63) is 35.4 Å². The maximum atomic E-state index is 12.0. The molecule has 0 saturated heterocycles. The summed E-state index contributed by atoms with van der Waals surface area (Å²) in [6.45, 7) is 4.81. The maximum absolute atomic E-state index is 12.0. The van der Waals surface area contributed by atoms with Crippen molar-refractivity contribution >= 4 is 11.8 Å². The number of carbonyl (C=O) groups is 2. The molecule has 1 aliphatic rings. The van der Waals surface area contributed by atoms with Crippen molar-refractivity contribution in [1.29, 1.82) is 0 Å². The summed E-state index contributed by atoms with van der Waals surface area (Å²) in [5.74, 6) is 0.654. The molecule has 1 aliphatic carbocycles. The predicted octanol–water partition coefficient (Wildman–Crippen LogP) is 3.38. The molecule has 25 heavy (non-hydrogen) atoms. The van der Waals surface area contributed by atoms with E-state index in [1.165, 1.54) is 24.8 Å². The van der Waals surface area contributed by atoms with Gasteiger partial charge in [-0.25, -0.2) is 0 Å². The largest absolute Gasteiger partial charge is 0.355 e. The van der Waals surface area contributed by atoms with E-state index in [2.05, 4.69) is 36.6 Å². The summed E-state index contributed by atoms with van der Waals surface area (Å²) in [6.07, 6.45) is 7.65. The van der Waals surface area contributed by atoms with Crippen molar-refractivity contribution in [2.75, 3.05) is 6.54 Å². The van der Waals surface area contributed by atoms with Gasteiger partial charge in [-0.2, -0.15) is 0 Å². The average Bonchev–Trinajstić information content (AvgIpc) is 2.57. The van der Waals surface area contributed by atoms with Crippen LogP contribution in [0.4, 0.5) is 0 Å². The quantitative estimate of drug-likeness (QED) is 0.759. The van der Waals surface area contributed by atoms with Crippen molar-refractivity contribution in [3.63, 3.8) is 0 Å². The summed E-state index contributed by atoms with van der Waals surface area (Å²) in [7, 11) is 0. The molecule has 1 aromatic carbocycles. The average molecular weight is 344 g/mol. The van der Waals surface area contributed by atoms with Crippen LogP contribution >= 0.6 is 0 Å². The lowest BCUT2D eigenvalue weighted by Crippen LogP contribution is -2.38. The molecule has 1 aromatic rings. The second kappa shape index (κ2) is 10.2. The van der Waals surface area contributed by atoms with Crippen LogP contribution in [0.2, 0.25) is 0 Å². The lowest BCUT2D eigenvalue weighted by Gasteiger charge is -2.22. The molecule has 0 heterocycles. The molecule has 0 bridgehead atoms. The second-order valence-electron chi connectivity index (χ2n) is 7.59. The molecule has 2 amide bonds. The van der Waals surface area contributed by atoms with Gasteiger partial charge in [-0.15, -0.1) is 0 Å². The van der Waals surface area contributed by atoms with E-state index in [0.717, 1.165) is 24.8 Å². The van der Waals surface area contributed by atoms with Crippen molar-refractivity contribution in [3.8, 4) is 0 Å². The molecule has 1 saturated carbocycles. The Labute approximate surface area is 151 Å². The van der Waals surface area contributed by atoms with Gasteiger partial charge in [-0.05, 0) is 36.3 Å². The van der Waals surface area contributed by atoms with E-state index in [1.54, 1.807) is 0 Å². The van der Waals surface area contributed by atoms with Gasteiger partial charge >= 0.3 is 0 Å². The third-order valence-electron chi connectivity index (χ3n) is 4.68. The Morgan fingerprint density at radius 3 is 2.28 bits per heavy atom. The summed E-state index contributed by atoms with van der Waals surface area (Å²) in [4.78, 5) is 23.9. The number of carbonyl (C=O) groups excluding carboxylic acids is 2. The highest BCUT2D eigenvalue weighted by Crippen LogP contribution is 2.17. The molecule has 1 fully saturated rings. The number of nitrogens with one attached hydrogen (secondary N) is 2. The molecule has 2 N–H and O–H groups in total. The third-order valence-corrected chi connectivity index (χ3v) is 4.68. The highest BCUT2D eigenvalue weighted by molar-refractivity contribution is 5.80. The number of amides is 2. The molecule has 0 spiro atoms. The summed E-state index contributed by atoms with van der Waals surface area (Å²) in [5.41, 5.74) is 2.32. The molecule has 0 aliphatic heterocycles. The Hall–Kier alpha value is -1.84. The van der Waals surface area contributed by atoms with Gasteiger partial charge in [0, 0.05) is 19.0 Å².